The van der Waals surface area contributed by atoms with Crippen molar-refractivity contribution in [3.63, 3.8) is 0 Å². The number of hydrogen-bond acceptors (Lipinski definition) is 1. The predicted molar refractivity (Wildman–Crippen MR) is 46.8 cm³/mol. The molecule has 0 aliphatic carbocycles. The summed E-state index contributed by atoms with van der Waals surface area (Å²) in [6, 6.07) is 0.733. The van der Waals surface area contributed by atoms with Gasteiger partial charge in [0.1, 0.15) is 14.7 Å². The highest BCUT2D eigenvalue weighted by molar-refractivity contribution is 6.76. The van der Waals surface area contributed by atoms with Crippen molar-refractivity contribution in [2.75, 3.05) is 0 Å². The lowest BCUT2D eigenvalue weighted by Gasteiger charge is -2.21. The lowest BCUT2D eigenvalue weighted by atomic mass is 10.4. The lowest BCUT2D eigenvalue weighted by Crippen LogP contribution is -2.48. The van der Waals surface area contributed by atoms with Gasteiger partial charge in [-0.05, 0) is 6.04 Å². The summed E-state index contributed by atoms with van der Waals surface area (Å²) in [7, 11) is -1.94. The van der Waals surface area contributed by atoms with Crippen LogP contribution < -0.4 is 4.98 Å². The van der Waals surface area contributed by atoms with Crippen molar-refractivity contribution in [1.29, 1.82) is 0 Å². The van der Waals surface area contributed by atoms with Crippen LogP contribution in [0.4, 0.5) is 13.2 Å². The Morgan fingerprint density at radius 2 is 1.85 bits per heavy atom. The van der Waals surface area contributed by atoms with Crippen LogP contribution in [0, 0.1) is 0 Å². The van der Waals surface area contributed by atoms with Gasteiger partial charge in [0.2, 0.25) is 5.91 Å². The number of hydrogen-bond donors (Lipinski definition) is 1. The smallest absolute Gasteiger partial charge is 0.382 e. The molecule has 0 unspecified atom stereocenters. The number of halogens is 3. The molecule has 0 spiro atoms. The topological polar surface area (TPSA) is 29.1 Å². The maximum Gasteiger partial charge on any atom is 0.397 e. The second kappa shape index (κ2) is 4.12. The lowest BCUT2D eigenvalue weighted by molar-refractivity contribution is -0.152. The Kier molecular flexibility index (Phi) is 3.96. The minimum absolute atomic E-state index is 0.733. The molecular weight excluding hydrogens is 199 g/mol. The largest absolute Gasteiger partial charge is 0.397 e. The standard InChI is InChI=1S/C7H14F3NOSi/c1-4-13(2,3)11-6(12)5-7(8,9)10/h4-5H2,1-3H3,(H,11,12). The highest BCUT2D eigenvalue weighted by Gasteiger charge is 2.33. The third-order valence-electron chi connectivity index (χ3n) is 1.72. The molecule has 2 nitrogen and oxygen atoms in total. The summed E-state index contributed by atoms with van der Waals surface area (Å²) in [4.78, 5) is 13.3. The van der Waals surface area contributed by atoms with E-state index >= 15 is 0 Å². The molecule has 0 aromatic rings. The Morgan fingerprint density at radius 3 is 2.15 bits per heavy atom. The first-order chi connectivity index (χ1) is 5.66. The molecule has 1 amide bonds. The molecule has 0 fully saturated rings. The van der Waals surface area contributed by atoms with Gasteiger partial charge in [0.25, 0.3) is 0 Å². The number of carbonyl (C=O) groups is 1. The van der Waals surface area contributed by atoms with Crippen LogP contribution in [-0.2, 0) is 4.79 Å². The fourth-order valence-electron chi connectivity index (χ4n) is 0.692. The third-order valence-corrected chi connectivity index (χ3v) is 4.45. The van der Waals surface area contributed by atoms with E-state index in [1.165, 1.54) is 0 Å². The zero-order valence-electron chi connectivity index (χ0n) is 7.96. The monoisotopic (exact) mass is 213 g/mol. The molecule has 1 N–H and O–H groups in total. The van der Waals surface area contributed by atoms with Gasteiger partial charge in [-0.25, -0.2) is 0 Å². The Bertz CT molecular complexity index is 191. The summed E-state index contributed by atoms with van der Waals surface area (Å²) in [5, 5.41) is 0. The van der Waals surface area contributed by atoms with E-state index in [0.29, 0.717) is 0 Å². The molecule has 78 valence electrons. The predicted octanol–water partition coefficient (Wildman–Crippen LogP) is 2.28. The van der Waals surface area contributed by atoms with Crippen molar-refractivity contribution in [2.24, 2.45) is 0 Å². The van der Waals surface area contributed by atoms with Gasteiger partial charge in [0.15, 0.2) is 0 Å². The maximum atomic E-state index is 11.7. The van der Waals surface area contributed by atoms with Gasteiger partial charge in [-0.15, -0.1) is 0 Å². The van der Waals surface area contributed by atoms with Gasteiger partial charge in [-0.2, -0.15) is 13.2 Å². The molecule has 0 aromatic carbocycles. The molecule has 0 radical (unpaired) electrons. The van der Waals surface area contributed by atoms with E-state index in [0.717, 1.165) is 6.04 Å². The quantitative estimate of drug-likeness (QED) is 0.716. The number of carbonyl (C=O) groups excluding carboxylic acids is 1. The Balaban J connectivity index is 4.03. The van der Waals surface area contributed by atoms with Gasteiger partial charge in [-0.1, -0.05) is 20.0 Å². The highest BCUT2D eigenvalue weighted by atomic mass is 28.3. The molecule has 0 saturated carbocycles. The molecule has 0 bridgehead atoms. The molecule has 0 heterocycles. The van der Waals surface area contributed by atoms with E-state index in [1.807, 2.05) is 20.0 Å². The van der Waals surface area contributed by atoms with Crippen LogP contribution in [0.2, 0.25) is 19.1 Å². The van der Waals surface area contributed by atoms with Crippen LogP contribution in [0.1, 0.15) is 13.3 Å². The molecule has 0 rings (SSSR count). The molecule has 0 saturated heterocycles. The van der Waals surface area contributed by atoms with E-state index in [4.69, 9.17) is 0 Å². The van der Waals surface area contributed by atoms with Crippen LogP contribution in [0.25, 0.3) is 0 Å². The van der Waals surface area contributed by atoms with E-state index in [-0.39, 0.29) is 0 Å². The molecule has 0 atom stereocenters. The first kappa shape index (κ1) is 12.5. The summed E-state index contributed by atoms with van der Waals surface area (Å²) in [5.41, 5.74) is 0. The van der Waals surface area contributed by atoms with Crippen molar-refractivity contribution in [1.82, 2.24) is 4.98 Å². The second-order valence-electron chi connectivity index (χ2n) is 3.58. The van der Waals surface area contributed by atoms with Crippen molar-refractivity contribution in [3.05, 3.63) is 0 Å². The third kappa shape index (κ3) is 6.62. The summed E-state index contributed by atoms with van der Waals surface area (Å²) in [6.07, 6.45) is -5.77. The summed E-state index contributed by atoms with van der Waals surface area (Å²) >= 11 is 0. The van der Waals surface area contributed by atoms with E-state index in [1.54, 1.807) is 0 Å². The summed E-state index contributed by atoms with van der Waals surface area (Å²) < 4.78 is 35.2. The second-order valence-corrected chi connectivity index (χ2v) is 8.30. The Morgan fingerprint density at radius 1 is 1.38 bits per heavy atom. The van der Waals surface area contributed by atoms with E-state index < -0.39 is 26.7 Å². The number of alkyl halides is 3. The van der Waals surface area contributed by atoms with Crippen molar-refractivity contribution in [2.45, 2.75) is 38.7 Å². The number of amides is 1. The minimum atomic E-state index is -4.40. The van der Waals surface area contributed by atoms with E-state index in [2.05, 4.69) is 4.98 Å². The van der Waals surface area contributed by atoms with Crippen molar-refractivity contribution in [3.8, 4) is 0 Å². The van der Waals surface area contributed by atoms with Gasteiger partial charge >= 0.3 is 6.18 Å². The fourth-order valence-corrected chi connectivity index (χ4v) is 1.71. The molecule has 6 heteroatoms. The van der Waals surface area contributed by atoms with Crippen LogP contribution in [-0.4, -0.2) is 20.3 Å². The van der Waals surface area contributed by atoms with Crippen molar-refractivity contribution >= 4 is 14.1 Å². The fraction of sp³-hybridized carbons (Fsp3) is 0.857. The molecular formula is C7H14F3NOSi. The zero-order chi connectivity index (χ0) is 10.7. The normalized spacial score (nSPS) is 12.8. The zero-order valence-corrected chi connectivity index (χ0v) is 8.96. The van der Waals surface area contributed by atoms with E-state index in [9.17, 15) is 18.0 Å². The Hall–Kier alpha value is -0.523. The first-order valence-corrected chi connectivity index (χ1v) is 7.25. The highest BCUT2D eigenvalue weighted by Crippen LogP contribution is 2.19. The Labute approximate surface area is 76.6 Å². The van der Waals surface area contributed by atoms with Crippen LogP contribution >= 0.6 is 0 Å². The first-order valence-electron chi connectivity index (χ1n) is 4.04. The number of rotatable bonds is 3. The van der Waals surface area contributed by atoms with Crippen LogP contribution in [0.15, 0.2) is 0 Å². The van der Waals surface area contributed by atoms with Gasteiger partial charge in [0.05, 0.1) is 0 Å². The van der Waals surface area contributed by atoms with Gasteiger partial charge in [0, 0.05) is 0 Å². The summed E-state index contributed by atoms with van der Waals surface area (Å²) in [6.45, 7) is 5.50. The molecule has 0 aliphatic heterocycles. The van der Waals surface area contributed by atoms with Crippen LogP contribution in [0.3, 0.4) is 0 Å². The summed E-state index contributed by atoms with van der Waals surface area (Å²) in [5.74, 6) is -0.911. The van der Waals surface area contributed by atoms with Gasteiger partial charge in [-0.3, -0.25) is 4.79 Å². The molecule has 0 aliphatic rings. The average Bonchev–Trinajstić information content (AvgIpc) is 1.81. The molecule has 13 heavy (non-hydrogen) atoms. The average molecular weight is 213 g/mol. The minimum Gasteiger partial charge on any atom is -0.382 e. The number of nitrogens with one attached hydrogen (secondary N) is 1. The van der Waals surface area contributed by atoms with Gasteiger partial charge < -0.3 is 4.98 Å². The van der Waals surface area contributed by atoms with Crippen LogP contribution in [0.5, 0.6) is 0 Å². The molecule has 0 aromatic heterocycles. The SMILES string of the molecule is CC[Si](C)(C)NC(=O)CC(F)(F)F. The maximum absolute atomic E-state index is 11.7. The van der Waals surface area contributed by atoms with Crippen molar-refractivity contribution < 1.29 is 18.0 Å².